The second-order valence-corrected chi connectivity index (χ2v) is 4.15. The van der Waals surface area contributed by atoms with Gasteiger partial charge in [-0.05, 0) is 23.8 Å². The SMILES string of the molecule is c1ccc(NCC2Cc3ccccc3O2)nc1. The van der Waals surface area contributed by atoms with Gasteiger partial charge in [0.05, 0.1) is 6.54 Å². The molecule has 3 nitrogen and oxygen atoms in total. The number of nitrogens with one attached hydrogen (secondary N) is 1. The Balaban J connectivity index is 1.59. The van der Waals surface area contributed by atoms with Gasteiger partial charge in [0.2, 0.25) is 0 Å². The number of rotatable bonds is 3. The van der Waals surface area contributed by atoms with Crippen molar-refractivity contribution in [1.82, 2.24) is 4.98 Å². The molecule has 0 aliphatic carbocycles. The van der Waals surface area contributed by atoms with E-state index in [1.807, 2.05) is 30.3 Å². The van der Waals surface area contributed by atoms with Gasteiger partial charge in [0.1, 0.15) is 17.7 Å². The number of pyridine rings is 1. The molecule has 0 amide bonds. The lowest BCUT2D eigenvalue weighted by Gasteiger charge is -2.11. The molecule has 0 spiro atoms. The topological polar surface area (TPSA) is 34.1 Å². The fourth-order valence-corrected chi connectivity index (χ4v) is 2.05. The smallest absolute Gasteiger partial charge is 0.125 e. The van der Waals surface area contributed by atoms with Gasteiger partial charge in [0.25, 0.3) is 0 Å². The molecule has 0 radical (unpaired) electrons. The van der Waals surface area contributed by atoms with Gasteiger partial charge < -0.3 is 10.1 Å². The van der Waals surface area contributed by atoms with Crippen LogP contribution in [0.3, 0.4) is 0 Å². The average molecular weight is 226 g/mol. The highest BCUT2D eigenvalue weighted by Crippen LogP contribution is 2.27. The number of benzene rings is 1. The van der Waals surface area contributed by atoms with E-state index in [0.717, 1.165) is 24.5 Å². The highest BCUT2D eigenvalue weighted by atomic mass is 16.5. The molecular formula is C14H14N2O. The van der Waals surface area contributed by atoms with Crippen LogP contribution in [-0.4, -0.2) is 17.6 Å². The van der Waals surface area contributed by atoms with Crippen molar-refractivity contribution < 1.29 is 4.74 Å². The van der Waals surface area contributed by atoms with Gasteiger partial charge in [-0.15, -0.1) is 0 Å². The van der Waals surface area contributed by atoms with Crippen molar-refractivity contribution >= 4 is 5.82 Å². The van der Waals surface area contributed by atoms with Crippen LogP contribution in [0.25, 0.3) is 0 Å². The van der Waals surface area contributed by atoms with Crippen molar-refractivity contribution in [3.8, 4) is 5.75 Å². The third kappa shape index (κ3) is 2.23. The van der Waals surface area contributed by atoms with E-state index in [9.17, 15) is 0 Å². The summed E-state index contributed by atoms with van der Waals surface area (Å²) in [5, 5.41) is 3.29. The third-order valence-corrected chi connectivity index (χ3v) is 2.89. The fourth-order valence-electron chi connectivity index (χ4n) is 2.05. The Bertz CT molecular complexity index is 474. The minimum absolute atomic E-state index is 0.203. The summed E-state index contributed by atoms with van der Waals surface area (Å²) >= 11 is 0. The largest absolute Gasteiger partial charge is 0.488 e. The van der Waals surface area contributed by atoms with E-state index in [0.29, 0.717) is 0 Å². The molecule has 1 N–H and O–H groups in total. The quantitative estimate of drug-likeness (QED) is 0.873. The van der Waals surface area contributed by atoms with Gasteiger partial charge in [0.15, 0.2) is 0 Å². The number of fused-ring (bicyclic) bond motifs is 1. The van der Waals surface area contributed by atoms with Crippen LogP contribution in [0.2, 0.25) is 0 Å². The Hall–Kier alpha value is -2.03. The number of nitrogens with zero attached hydrogens (tertiary/aromatic N) is 1. The van der Waals surface area contributed by atoms with Gasteiger partial charge in [-0.2, -0.15) is 0 Å². The molecule has 1 aromatic heterocycles. The maximum absolute atomic E-state index is 5.84. The molecule has 0 saturated carbocycles. The number of ether oxygens (including phenoxy) is 1. The normalized spacial score (nSPS) is 17.3. The minimum atomic E-state index is 0.203. The first-order chi connectivity index (χ1) is 8.42. The molecule has 2 aromatic rings. The first-order valence-corrected chi connectivity index (χ1v) is 5.81. The number of para-hydroxylation sites is 1. The Morgan fingerprint density at radius 1 is 1.18 bits per heavy atom. The third-order valence-electron chi connectivity index (χ3n) is 2.89. The number of hydrogen-bond donors (Lipinski definition) is 1. The maximum atomic E-state index is 5.84. The molecule has 3 rings (SSSR count). The van der Waals surface area contributed by atoms with Gasteiger partial charge in [0, 0.05) is 12.6 Å². The summed E-state index contributed by atoms with van der Waals surface area (Å²) in [6.45, 7) is 0.783. The Labute approximate surface area is 100 Å². The zero-order valence-electron chi connectivity index (χ0n) is 9.47. The second-order valence-electron chi connectivity index (χ2n) is 4.15. The van der Waals surface area contributed by atoms with Gasteiger partial charge in [-0.3, -0.25) is 0 Å². The molecule has 86 valence electrons. The minimum Gasteiger partial charge on any atom is -0.488 e. The number of anilines is 1. The van der Waals surface area contributed by atoms with Crippen molar-refractivity contribution in [2.45, 2.75) is 12.5 Å². The molecule has 0 saturated heterocycles. The van der Waals surface area contributed by atoms with Crippen LogP contribution < -0.4 is 10.1 Å². The molecule has 3 heteroatoms. The zero-order chi connectivity index (χ0) is 11.5. The Kier molecular flexibility index (Phi) is 2.66. The molecule has 1 aliphatic rings. The van der Waals surface area contributed by atoms with Crippen molar-refractivity contribution in [1.29, 1.82) is 0 Å². The van der Waals surface area contributed by atoms with E-state index in [-0.39, 0.29) is 6.10 Å². The summed E-state index contributed by atoms with van der Waals surface area (Å²) in [5.74, 6) is 1.91. The number of aromatic nitrogens is 1. The van der Waals surface area contributed by atoms with Gasteiger partial charge >= 0.3 is 0 Å². The standard InChI is InChI=1S/C14H14N2O/c1-2-6-13-11(5-1)9-12(17-13)10-16-14-7-3-4-8-15-14/h1-8,12H,9-10H2,(H,15,16). The Morgan fingerprint density at radius 2 is 2.06 bits per heavy atom. The average Bonchev–Trinajstić information content (AvgIpc) is 2.80. The van der Waals surface area contributed by atoms with Crippen molar-refractivity contribution in [3.63, 3.8) is 0 Å². The zero-order valence-corrected chi connectivity index (χ0v) is 9.47. The summed E-state index contributed by atoms with van der Waals surface area (Å²) in [4.78, 5) is 4.22. The van der Waals surface area contributed by atoms with Crippen molar-refractivity contribution in [3.05, 3.63) is 54.2 Å². The highest BCUT2D eigenvalue weighted by molar-refractivity contribution is 5.39. The van der Waals surface area contributed by atoms with Crippen LogP contribution in [0.5, 0.6) is 5.75 Å². The van der Waals surface area contributed by atoms with Gasteiger partial charge in [-0.25, -0.2) is 4.98 Å². The molecule has 2 heterocycles. The molecule has 1 unspecified atom stereocenters. The second kappa shape index (κ2) is 4.45. The predicted octanol–water partition coefficient (Wildman–Crippen LogP) is 2.50. The fraction of sp³-hybridized carbons (Fsp3) is 0.214. The molecule has 1 atom stereocenters. The summed E-state index contributed by atoms with van der Waals surface area (Å²) in [5.41, 5.74) is 1.29. The van der Waals surface area contributed by atoms with Crippen LogP contribution in [0.15, 0.2) is 48.7 Å². The van der Waals surface area contributed by atoms with Crippen LogP contribution >= 0.6 is 0 Å². The molecular weight excluding hydrogens is 212 g/mol. The van der Waals surface area contributed by atoms with Crippen LogP contribution in [-0.2, 0) is 6.42 Å². The first kappa shape index (κ1) is 10.1. The number of hydrogen-bond acceptors (Lipinski definition) is 3. The van der Waals surface area contributed by atoms with E-state index >= 15 is 0 Å². The summed E-state index contributed by atoms with van der Waals surface area (Å²) in [6.07, 6.45) is 2.96. The van der Waals surface area contributed by atoms with Crippen molar-refractivity contribution in [2.75, 3.05) is 11.9 Å². The van der Waals surface area contributed by atoms with E-state index < -0.39 is 0 Å². The van der Waals surface area contributed by atoms with E-state index in [2.05, 4.69) is 22.4 Å². The monoisotopic (exact) mass is 226 g/mol. The van der Waals surface area contributed by atoms with Gasteiger partial charge in [-0.1, -0.05) is 24.3 Å². The highest BCUT2D eigenvalue weighted by Gasteiger charge is 2.21. The van der Waals surface area contributed by atoms with E-state index in [1.54, 1.807) is 6.20 Å². The summed E-state index contributed by atoms with van der Waals surface area (Å²) in [6, 6.07) is 14.0. The summed E-state index contributed by atoms with van der Waals surface area (Å²) < 4.78 is 5.84. The lowest BCUT2D eigenvalue weighted by molar-refractivity contribution is 0.246. The molecule has 17 heavy (non-hydrogen) atoms. The van der Waals surface area contributed by atoms with Crippen LogP contribution in [0.4, 0.5) is 5.82 Å². The molecule has 0 bridgehead atoms. The molecule has 1 aromatic carbocycles. The first-order valence-electron chi connectivity index (χ1n) is 5.81. The van der Waals surface area contributed by atoms with Crippen molar-refractivity contribution in [2.24, 2.45) is 0 Å². The van der Waals surface area contributed by atoms with E-state index in [1.165, 1.54) is 5.56 Å². The Morgan fingerprint density at radius 3 is 2.88 bits per heavy atom. The van der Waals surface area contributed by atoms with Crippen LogP contribution in [0, 0.1) is 0 Å². The molecule has 1 aliphatic heterocycles. The maximum Gasteiger partial charge on any atom is 0.125 e. The molecule has 0 fully saturated rings. The van der Waals surface area contributed by atoms with E-state index in [4.69, 9.17) is 4.74 Å². The summed E-state index contributed by atoms with van der Waals surface area (Å²) in [7, 11) is 0. The lowest BCUT2D eigenvalue weighted by Crippen LogP contribution is -2.24. The lowest BCUT2D eigenvalue weighted by atomic mass is 10.1. The van der Waals surface area contributed by atoms with Crippen LogP contribution in [0.1, 0.15) is 5.56 Å². The predicted molar refractivity (Wildman–Crippen MR) is 67.3 cm³/mol.